The van der Waals surface area contributed by atoms with Gasteiger partial charge in [-0.05, 0) is 61.8 Å². The lowest BCUT2D eigenvalue weighted by atomic mass is 9.87. The highest BCUT2D eigenvalue weighted by atomic mass is 35.5. The Bertz CT molecular complexity index is 450. The van der Waals surface area contributed by atoms with Gasteiger partial charge in [0.15, 0.2) is 0 Å². The summed E-state index contributed by atoms with van der Waals surface area (Å²) in [5, 5.41) is 3.88. The van der Waals surface area contributed by atoms with Crippen molar-refractivity contribution < 1.29 is 4.79 Å². The second-order valence-electron chi connectivity index (χ2n) is 5.77. The van der Waals surface area contributed by atoms with Crippen LogP contribution < -0.4 is 5.32 Å². The Morgan fingerprint density at radius 1 is 1.32 bits per heavy atom. The van der Waals surface area contributed by atoms with Crippen LogP contribution in [-0.2, 0) is 11.2 Å². The van der Waals surface area contributed by atoms with Crippen LogP contribution in [0.1, 0.15) is 43.7 Å². The van der Waals surface area contributed by atoms with Crippen LogP contribution in [0, 0.1) is 12.8 Å². The minimum Gasteiger partial charge on any atom is -0.353 e. The number of amides is 1. The predicted molar refractivity (Wildman–Crippen MR) is 79.5 cm³/mol. The molecular weight excluding hydrogens is 258 g/mol. The minimum absolute atomic E-state index is 0.130. The summed E-state index contributed by atoms with van der Waals surface area (Å²) in [5.74, 6) is 0.941. The number of rotatable bonds is 3. The third-order valence-corrected chi connectivity index (χ3v) is 4.27. The van der Waals surface area contributed by atoms with Gasteiger partial charge in [0.25, 0.3) is 0 Å². The first kappa shape index (κ1) is 14.4. The van der Waals surface area contributed by atoms with Crippen molar-refractivity contribution >= 4 is 17.5 Å². The normalized spacial score (nSPS) is 23.1. The number of halogens is 1. The van der Waals surface area contributed by atoms with Gasteiger partial charge in [0.05, 0.1) is 6.42 Å². The Morgan fingerprint density at radius 2 is 2.00 bits per heavy atom. The molecule has 1 N–H and O–H groups in total. The number of benzene rings is 1. The first-order valence-corrected chi connectivity index (χ1v) is 7.47. The number of carbonyl (C=O) groups is 1. The van der Waals surface area contributed by atoms with Gasteiger partial charge in [0.2, 0.25) is 5.91 Å². The smallest absolute Gasteiger partial charge is 0.224 e. The van der Waals surface area contributed by atoms with Crippen LogP contribution in [0.25, 0.3) is 0 Å². The molecule has 0 spiro atoms. The summed E-state index contributed by atoms with van der Waals surface area (Å²) in [6.07, 6.45) is 5.14. The van der Waals surface area contributed by atoms with Crippen LogP contribution in [0.15, 0.2) is 18.2 Å². The van der Waals surface area contributed by atoms with Crippen molar-refractivity contribution in [2.24, 2.45) is 5.92 Å². The maximum absolute atomic E-state index is 12.1. The molecule has 1 aliphatic carbocycles. The molecule has 1 aliphatic rings. The molecule has 0 bridgehead atoms. The summed E-state index contributed by atoms with van der Waals surface area (Å²) < 4.78 is 0. The van der Waals surface area contributed by atoms with E-state index in [2.05, 4.69) is 12.2 Å². The second kappa shape index (κ2) is 6.42. The minimum atomic E-state index is 0.130. The van der Waals surface area contributed by atoms with Gasteiger partial charge >= 0.3 is 0 Å². The molecule has 104 valence electrons. The van der Waals surface area contributed by atoms with Crippen LogP contribution in [0.2, 0.25) is 5.02 Å². The Hall–Kier alpha value is -1.02. The molecule has 0 heterocycles. The summed E-state index contributed by atoms with van der Waals surface area (Å²) in [6, 6.07) is 6.07. The number of carbonyl (C=O) groups excluding carboxylic acids is 1. The zero-order valence-electron chi connectivity index (χ0n) is 11.7. The highest BCUT2D eigenvalue weighted by Gasteiger charge is 2.19. The van der Waals surface area contributed by atoms with E-state index >= 15 is 0 Å². The third-order valence-electron chi connectivity index (χ3n) is 4.04. The fourth-order valence-corrected chi connectivity index (χ4v) is 2.94. The Kier molecular flexibility index (Phi) is 4.87. The van der Waals surface area contributed by atoms with Crippen molar-refractivity contribution in [2.75, 3.05) is 0 Å². The second-order valence-corrected chi connectivity index (χ2v) is 6.21. The van der Waals surface area contributed by atoms with Gasteiger partial charge < -0.3 is 5.32 Å². The summed E-state index contributed by atoms with van der Waals surface area (Å²) in [6.45, 7) is 4.28. The quantitative estimate of drug-likeness (QED) is 0.894. The van der Waals surface area contributed by atoms with Crippen molar-refractivity contribution in [3.05, 3.63) is 34.3 Å². The topological polar surface area (TPSA) is 29.1 Å². The van der Waals surface area contributed by atoms with E-state index in [-0.39, 0.29) is 5.91 Å². The maximum atomic E-state index is 12.1. The van der Waals surface area contributed by atoms with Crippen molar-refractivity contribution in [1.29, 1.82) is 0 Å². The molecule has 0 unspecified atom stereocenters. The van der Waals surface area contributed by atoms with Gasteiger partial charge in [-0.3, -0.25) is 4.79 Å². The molecule has 0 aromatic heterocycles. The zero-order chi connectivity index (χ0) is 13.8. The molecule has 1 saturated carbocycles. The average Bonchev–Trinajstić information content (AvgIpc) is 2.36. The first-order valence-electron chi connectivity index (χ1n) is 7.09. The number of nitrogens with one attached hydrogen (secondary N) is 1. The average molecular weight is 280 g/mol. The lowest BCUT2D eigenvalue weighted by Gasteiger charge is -2.27. The molecule has 0 radical (unpaired) electrons. The van der Waals surface area contributed by atoms with E-state index < -0.39 is 0 Å². The van der Waals surface area contributed by atoms with Crippen LogP contribution in [-0.4, -0.2) is 11.9 Å². The molecule has 0 saturated heterocycles. The van der Waals surface area contributed by atoms with Gasteiger partial charge in [0.1, 0.15) is 0 Å². The molecule has 2 rings (SSSR count). The number of hydrogen-bond acceptors (Lipinski definition) is 1. The van der Waals surface area contributed by atoms with Gasteiger partial charge in [0, 0.05) is 11.1 Å². The molecular formula is C16H22ClNO. The molecule has 1 aromatic rings. The van der Waals surface area contributed by atoms with Crippen molar-refractivity contribution in [1.82, 2.24) is 5.32 Å². The van der Waals surface area contributed by atoms with E-state index in [1.807, 2.05) is 25.1 Å². The standard InChI is InChI=1S/C16H22ClNO/c1-11-3-7-15(8-4-11)18-16(19)10-13-5-6-14(17)9-12(13)2/h5-6,9,11,15H,3-4,7-8,10H2,1-2H3,(H,18,19). The SMILES string of the molecule is Cc1cc(Cl)ccc1CC(=O)NC1CCC(C)CC1. The molecule has 0 aliphatic heterocycles. The van der Waals surface area contributed by atoms with E-state index in [0.29, 0.717) is 12.5 Å². The molecule has 1 amide bonds. The number of hydrogen-bond donors (Lipinski definition) is 1. The molecule has 2 nitrogen and oxygen atoms in total. The predicted octanol–water partition coefficient (Wildman–Crippen LogP) is 3.89. The van der Waals surface area contributed by atoms with Crippen LogP contribution in [0.4, 0.5) is 0 Å². The fraction of sp³-hybridized carbons (Fsp3) is 0.562. The van der Waals surface area contributed by atoms with Crippen molar-refractivity contribution in [3.63, 3.8) is 0 Å². The van der Waals surface area contributed by atoms with E-state index in [1.165, 1.54) is 12.8 Å². The Balaban J connectivity index is 1.87. The summed E-state index contributed by atoms with van der Waals surface area (Å²) >= 11 is 5.92. The van der Waals surface area contributed by atoms with Crippen LogP contribution >= 0.6 is 11.6 Å². The third kappa shape index (κ3) is 4.24. The summed E-state index contributed by atoms with van der Waals surface area (Å²) in [4.78, 5) is 12.1. The van der Waals surface area contributed by atoms with Gasteiger partial charge in [-0.15, -0.1) is 0 Å². The van der Waals surface area contributed by atoms with Crippen molar-refractivity contribution in [3.8, 4) is 0 Å². The number of aryl methyl sites for hydroxylation is 1. The maximum Gasteiger partial charge on any atom is 0.224 e. The first-order chi connectivity index (χ1) is 9.04. The summed E-state index contributed by atoms with van der Waals surface area (Å²) in [7, 11) is 0. The molecule has 1 fully saturated rings. The van der Waals surface area contributed by atoms with Crippen LogP contribution in [0.3, 0.4) is 0 Å². The fourth-order valence-electron chi connectivity index (χ4n) is 2.71. The van der Waals surface area contributed by atoms with Gasteiger partial charge in [-0.2, -0.15) is 0 Å². The van der Waals surface area contributed by atoms with Gasteiger partial charge in [-0.25, -0.2) is 0 Å². The molecule has 3 heteroatoms. The largest absolute Gasteiger partial charge is 0.353 e. The van der Waals surface area contributed by atoms with E-state index in [9.17, 15) is 4.79 Å². The monoisotopic (exact) mass is 279 g/mol. The van der Waals surface area contributed by atoms with Crippen LogP contribution in [0.5, 0.6) is 0 Å². The summed E-state index contributed by atoms with van der Waals surface area (Å²) in [5.41, 5.74) is 2.14. The van der Waals surface area contributed by atoms with Gasteiger partial charge in [-0.1, -0.05) is 24.6 Å². The zero-order valence-corrected chi connectivity index (χ0v) is 12.5. The molecule has 0 atom stereocenters. The highest BCUT2D eigenvalue weighted by Crippen LogP contribution is 2.23. The van der Waals surface area contributed by atoms with E-state index in [1.54, 1.807) is 0 Å². The lowest BCUT2D eigenvalue weighted by molar-refractivity contribution is -0.121. The van der Waals surface area contributed by atoms with E-state index in [0.717, 1.165) is 34.9 Å². The molecule has 1 aromatic carbocycles. The Labute approximate surface area is 120 Å². The molecule has 19 heavy (non-hydrogen) atoms. The van der Waals surface area contributed by atoms with Crippen molar-refractivity contribution in [2.45, 2.75) is 52.0 Å². The highest BCUT2D eigenvalue weighted by molar-refractivity contribution is 6.30. The lowest BCUT2D eigenvalue weighted by Crippen LogP contribution is -2.38. The van der Waals surface area contributed by atoms with E-state index in [4.69, 9.17) is 11.6 Å². The Morgan fingerprint density at radius 3 is 2.63 bits per heavy atom.